The first kappa shape index (κ1) is 10.0. The molecule has 66 valence electrons. The molecular weight excluding hydrogens is 228 g/mol. The molecule has 0 amide bonds. The van der Waals surface area contributed by atoms with E-state index in [1.165, 1.54) is 0 Å². The molecule has 0 aliphatic rings. The van der Waals surface area contributed by atoms with Crippen molar-refractivity contribution in [3.8, 4) is 11.8 Å². The SMILES string of the molecule is CCc1cc(Br)ccc1C#CC=O. The Balaban J connectivity index is 3.13. The van der Waals surface area contributed by atoms with Gasteiger partial charge in [0.15, 0.2) is 6.29 Å². The van der Waals surface area contributed by atoms with Crippen molar-refractivity contribution < 1.29 is 4.79 Å². The Morgan fingerprint density at radius 2 is 2.31 bits per heavy atom. The maximum absolute atomic E-state index is 10.1. The van der Waals surface area contributed by atoms with E-state index in [0.717, 1.165) is 22.0 Å². The highest BCUT2D eigenvalue weighted by molar-refractivity contribution is 9.10. The fourth-order valence-electron chi connectivity index (χ4n) is 1.08. The smallest absolute Gasteiger partial charge is 0.193 e. The number of aldehydes is 1. The van der Waals surface area contributed by atoms with E-state index in [-0.39, 0.29) is 0 Å². The summed E-state index contributed by atoms with van der Waals surface area (Å²) in [6.45, 7) is 2.06. The van der Waals surface area contributed by atoms with Crippen molar-refractivity contribution in [3.63, 3.8) is 0 Å². The summed E-state index contributed by atoms with van der Waals surface area (Å²) >= 11 is 3.39. The van der Waals surface area contributed by atoms with Gasteiger partial charge in [-0.1, -0.05) is 28.8 Å². The second-order valence-electron chi connectivity index (χ2n) is 2.54. The van der Waals surface area contributed by atoms with Crippen LogP contribution in [0.5, 0.6) is 0 Å². The van der Waals surface area contributed by atoms with Crippen molar-refractivity contribution in [2.45, 2.75) is 13.3 Å². The molecule has 1 aromatic carbocycles. The molecule has 1 rings (SSSR count). The molecule has 2 heteroatoms. The first-order valence-electron chi connectivity index (χ1n) is 4.01. The van der Waals surface area contributed by atoms with Crippen molar-refractivity contribution in [2.75, 3.05) is 0 Å². The van der Waals surface area contributed by atoms with Gasteiger partial charge >= 0.3 is 0 Å². The number of hydrogen-bond acceptors (Lipinski definition) is 1. The third kappa shape index (κ3) is 2.71. The highest BCUT2D eigenvalue weighted by Crippen LogP contribution is 2.16. The van der Waals surface area contributed by atoms with Gasteiger partial charge in [0.25, 0.3) is 0 Å². The molecule has 0 radical (unpaired) electrons. The van der Waals surface area contributed by atoms with Gasteiger partial charge in [-0.05, 0) is 36.1 Å². The molecule has 0 heterocycles. The number of benzene rings is 1. The van der Waals surface area contributed by atoms with Gasteiger partial charge < -0.3 is 0 Å². The van der Waals surface area contributed by atoms with Crippen LogP contribution in [0.15, 0.2) is 22.7 Å². The van der Waals surface area contributed by atoms with Gasteiger partial charge in [-0.15, -0.1) is 0 Å². The van der Waals surface area contributed by atoms with Crippen LogP contribution in [0.25, 0.3) is 0 Å². The van der Waals surface area contributed by atoms with Crippen LogP contribution in [0.2, 0.25) is 0 Å². The molecule has 0 unspecified atom stereocenters. The molecule has 0 N–H and O–H groups in total. The Bertz CT molecular complexity index is 371. The molecule has 1 aromatic rings. The lowest BCUT2D eigenvalue weighted by Crippen LogP contribution is -1.87. The molecule has 0 bridgehead atoms. The third-order valence-corrected chi connectivity index (χ3v) is 2.21. The summed E-state index contributed by atoms with van der Waals surface area (Å²) in [5, 5.41) is 0. The first-order chi connectivity index (χ1) is 6.27. The predicted octanol–water partition coefficient (Wildman–Crippen LogP) is 2.56. The summed E-state index contributed by atoms with van der Waals surface area (Å²) in [5.74, 6) is 5.22. The second kappa shape index (κ2) is 4.84. The van der Waals surface area contributed by atoms with Crippen LogP contribution in [0.4, 0.5) is 0 Å². The molecule has 0 aliphatic heterocycles. The van der Waals surface area contributed by atoms with Gasteiger partial charge in [-0.25, -0.2) is 0 Å². The molecule has 0 atom stereocenters. The van der Waals surface area contributed by atoms with Gasteiger partial charge in [0.2, 0.25) is 0 Å². The number of carbonyl (C=O) groups is 1. The van der Waals surface area contributed by atoms with Crippen LogP contribution in [0.3, 0.4) is 0 Å². The summed E-state index contributed by atoms with van der Waals surface area (Å²) in [4.78, 5) is 10.1. The van der Waals surface area contributed by atoms with Gasteiger partial charge in [0.1, 0.15) is 0 Å². The maximum atomic E-state index is 10.1. The average Bonchev–Trinajstić information content (AvgIpc) is 2.16. The molecular formula is C11H9BrO. The minimum absolute atomic E-state index is 0.613. The normalized spacial score (nSPS) is 8.77. The molecule has 0 saturated carbocycles. The summed E-state index contributed by atoms with van der Waals surface area (Å²) in [5.41, 5.74) is 2.08. The second-order valence-corrected chi connectivity index (χ2v) is 3.46. The highest BCUT2D eigenvalue weighted by Gasteiger charge is 1.97. The summed E-state index contributed by atoms with van der Waals surface area (Å²) < 4.78 is 1.04. The van der Waals surface area contributed by atoms with Crippen LogP contribution in [0.1, 0.15) is 18.1 Å². The zero-order valence-corrected chi connectivity index (χ0v) is 8.89. The Kier molecular flexibility index (Phi) is 3.72. The lowest BCUT2D eigenvalue weighted by molar-refractivity contribution is -0.103. The largest absolute Gasteiger partial charge is 0.289 e. The van der Waals surface area contributed by atoms with E-state index in [9.17, 15) is 4.79 Å². The van der Waals surface area contributed by atoms with Crippen molar-refractivity contribution in [1.29, 1.82) is 0 Å². The first-order valence-corrected chi connectivity index (χ1v) is 4.81. The maximum Gasteiger partial charge on any atom is 0.193 e. The van der Waals surface area contributed by atoms with E-state index in [0.29, 0.717) is 6.29 Å². The Hall–Kier alpha value is -1.07. The van der Waals surface area contributed by atoms with E-state index >= 15 is 0 Å². The fraction of sp³-hybridized carbons (Fsp3) is 0.182. The van der Waals surface area contributed by atoms with Crippen molar-refractivity contribution in [3.05, 3.63) is 33.8 Å². The highest BCUT2D eigenvalue weighted by atomic mass is 79.9. The minimum Gasteiger partial charge on any atom is -0.289 e. The van der Waals surface area contributed by atoms with Gasteiger partial charge in [-0.3, -0.25) is 4.79 Å². The third-order valence-electron chi connectivity index (χ3n) is 1.71. The Morgan fingerprint density at radius 1 is 1.54 bits per heavy atom. The molecule has 0 aromatic heterocycles. The summed E-state index contributed by atoms with van der Waals surface area (Å²) in [6, 6.07) is 5.86. The molecule has 0 saturated heterocycles. The lowest BCUT2D eigenvalue weighted by atomic mass is 10.1. The number of hydrogen-bond donors (Lipinski definition) is 0. The van der Waals surface area contributed by atoms with E-state index in [1.54, 1.807) is 0 Å². The zero-order chi connectivity index (χ0) is 9.68. The zero-order valence-electron chi connectivity index (χ0n) is 7.30. The Morgan fingerprint density at radius 3 is 2.92 bits per heavy atom. The van der Waals surface area contributed by atoms with Crippen LogP contribution in [-0.2, 0) is 11.2 Å². The van der Waals surface area contributed by atoms with Crippen LogP contribution >= 0.6 is 15.9 Å². The van der Waals surface area contributed by atoms with E-state index in [2.05, 4.69) is 34.7 Å². The number of rotatable bonds is 1. The van der Waals surface area contributed by atoms with Crippen LogP contribution in [-0.4, -0.2) is 6.29 Å². The van der Waals surface area contributed by atoms with Crippen LogP contribution in [0, 0.1) is 11.8 Å². The molecule has 0 fully saturated rings. The standard InChI is InChI=1S/C11H9BrO/c1-2-9-8-11(12)6-5-10(9)4-3-7-13/h5-8H,2H2,1H3. The van der Waals surface area contributed by atoms with E-state index in [4.69, 9.17) is 0 Å². The number of carbonyl (C=O) groups excluding carboxylic acids is 1. The Labute approximate surface area is 86.3 Å². The minimum atomic E-state index is 0.613. The molecule has 0 spiro atoms. The fourth-order valence-corrected chi connectivity index (χ4v) is 1.49. The van der Waals surface area contributed by atoms with Crippen molar-refractivity contribution >= 4 is 22.2 Å². The predicted molar refractivity (Wildman–Crippen MR) is 56.5 cm³/mol. The van der Waals surface area contributed by atoms with Gasteiger partial charge in [0.05, 0.1) is 0 Å². The summed E-state index contributed by atoms with van der Waals surface area (Å²) in [7, 11) is 0. The lowest BCUT2D eigenvalue weighted by Gasteiger charge is -2.00. The van der Waals surface area contributed by atoms with Crippen molar-refractivity contribution in [2.24, 2.45) is 0 Å². The van der Waals surface area contributed by atoms with Crippen LogP contribution < -0.4 is 0 Å². The van der Waals surface area contributed by atoms with Gasteiger partial charge in [0, 0.05) is 10.0 Å². The quantitative estimate of drug-likeness (QED) is 0.542. The van der Waals surface area contributed by atoms with Gasteiger partial charge in [-0.2, -0.15) is 0 Å². The molecule has 13 heavy (non-hydrogen) atoms. The number of halogens is 1. The number of aryl methyl sites for hydroxylation is 1. The molecule has 0 aliphatic carbocycles. The average molecular weight is 237 g/mol. The summed E-state index contributed by atoms with van der Waals surface area (Å²) in [6.07, 6.45) is 1.53. The van der Waals surface area contributed by atoms with E-state index in [1.807, 2.05) is 18.2 Å². The molecule has 1 nitrogen and oxygen atoms in total. The monoisotopic (exact) mass is 236 g/mol. The van der Waals surface area contributed by atoms with E-state index < -0.39 is 0 Å². The van der Waals surface area contributed by atoms with Crippen molar-refractivity contribution in [1.82, 2.24) is 0 Å². The topological polar surface area (TPSA) is 17.1 Å².